The van der Waals surface area contributed by atoms with Crippen LogP contribution >= 0.6 is 0 Å². The number of amides is 1. The Kier molecular flexibility index (Phi) is 4.35. The fraction of sp³-hybridized carbons (Fsp3) is 0.533. The summed E-state index contributed by atoms with van der Waals surface area (Å²) in [5.74, 6) is 0.151. The lowest BCUT2D eigenvalue weighted by Crippen LogP contribution is -2.27. The van der Waals surface area contributed by atoms with Gasteiger partial charge in [0, 0.05) is 24.7 Å². The molecule has 2 aliphatic heterocycles. The van der Waals surface area contributed by atoms with E-state index in [1.807, 2.05) is 0 Å². The molecular formula is C15H21N3O3S. The molecule has 0 radical (unpaired) electrons. The molecule has 2 fully saturated rings. The first-order chi connectivity index (χ1) is 10.5. The Morgan fingerprint density at radius 3 is 2.91 bits per heavy atom. The van der Waals surface area contributed by atoms with Crippen LogP contribution in [0.25, 0.3) is 0 Å². The van der Waals surface area contributed by atoms with Crippen LogP contribution in [0.3, 0.4) is 0 Å². The third-order valence-electron chi connectivity index (χ3n) is 4.11. The van der Waals surface area contributed by atoms with Gasteiger partial charge in [0.05, 0.1) is 11.4 Å². The average Bonchev–Trinajstić information content (AvgIpc) is 3.08. The van der Waals surface area contributed by atoms with Gasteiger partial charge in [0.25, 0.3) is 0 Å². The fourth-order valence-electron chi connectivity index (χ4n) is 3.04. The Morgan fingerprint density at radius 1 is 1.36 bits per heavy atom. The van der Waals surface area contributed by atoms with E-state index in [-0.39, 0.29) is 17.7 Å². The zero-order chi connectivity index (χ0) is 15.6. The Balaban J connectivity index is 1.67. The van der Waals surface area contributed by atoms with Crippen LogP contribution in [0.2, 0.25) is 0 Å². The molecule has 1 unspecified atom stereocenters. The smallest absolute Gasteiger partial charge is 0.235 e. The van der Waals surface area contributed by atoms with Crippen LogP contribution in [0, 0.1) is 0 Å². The molecule has 2 N–H and O–H groups in total. The molecule has 2 heterocycles. The summed E-state index contributed by atoms with van der Waals surface area (Å²) >= 11 is 0. The number of hydrogen-bond donors (Lipinski definition) is 2. The monoisotopic (exact) mass is 323 g/mol. The summed E-state index contributed by atoms with van der Waals surface area (Å²) < 4.78 is 25.3. The minimum absolute atomic E-state index is 0.0409. The molecule has 2 saturated heterocycles. The second-order valence-corrected chi connectivity index (χ2v) is 7.85. The fourth-order valence-corrected chi connectivity index (χ4v) is 4.59. The van der Waals surface area contributed by atoms with E-state index in [2.05, 4.69) is 10.6 Å². The number of rotatable bonds is 4. The summed E-state index contributed by atoms with van der Waals surface area (Å²) in [5.41, 5.74) is 1.26. The second-order valence-electron chi connectivity index (χ2n) is 5.84. The maximum Gasteiger partial charge on any atom is 0.235 e. The molecule has 0 bridgehead atoms. The van der Waals surface area contributed by atoms with Gasteiger partial charge >= 0.3 is 0 Å². The van der Waals surface area contributed by atoms with E-state index < -0.39 is 10.0 Å². The average molecular weight is 323 g/mol. The maximum atomic E-state index is 12.0. The largest absolute Gasteiger partial charge is 0.326 e. The van der Waals surface area contributed by atoms with Crippen molar-refractivity contribution in [2.75, 3.05) is 28.5 Å². The van der Waals surface area contributed by atoms with Gasteiger partial charge in [0.1, 0.15) is 0 Å². The molecule has 0 saturated carbocycles. The van der Waals surface area contributed by atoms with E-state index in [0.29, 0.717) is 30.8 Å². The summed E-state index contributed by atoms with van der Waals surface area (Å²) in [4.78, 5) is 12.0. The van der Waals surface area contributed by atoms with Crippen LogP contribution in [-0.4, -0.2) is 39.2 Å². The van der Waals surface area contributed by atoms with Crippen molar-refractivity contribution in [2.24, 2.45) is 0 Å². The van der Waals surface area contributed by atoms with Crippen LogP contribution in [0.5, 0.6) is 0 Å². The zero-order valence-electron chi connectivity index (χ0n) is 12.4. The molecule has 22 heavy (non-hydrogen) atoms. The van der Waals surface area contributed by atoms with Crippen molar-refractivity contribution in [1.29, 1.82) is 0 Å². The van der Waals surface area contributed by atoms with E-state index in [1.54, 1.807) is 24.3 Å². The van der Waals surface area contributed by atoms with Gasteiger partial charge in [0.15, 0.2) is 0 Å². The molecule has 3 rings (SSSR count). The van der Waals surface area contributed by atoms with Gasteiger partial charge in [0.2, 0.25) is 15.9 Å². The predicted molar refractivity (Wildman–Crippen MR) is 86.5 cm³/mol. The van der Waals surface area contributed by atoms with E-state index in [4.69, 9.17) is 0 Å². The topological polar surface area (TPSA) is 78.5 Å². The number of anilines is 2. The van der Waals surface area contributed by atoms with Gasteiger partial charge in [-0.15, -0.1) is 0 Å². The molecule has 1 amide bonds. The number of hydrogen-bond acceptors (Lipinski definition) is 4. The standard InChI is InChI=1S/C15H21N3O3S/c19-15(11-12-5-2-7-16-12)17-13-4-1-6-14(10-13)18-8-3-9-22(18,20)21/h1,4,6,10,12,16H,2-3,5,7-9,11H2,(H,17,19). The number of sulfonamides is 1. The lowest BCUT2D eigenvalue weighted by Gasteiger charge is -2.18. The van der Waals surface area contributed by atoms with E-state index in [0.717, 1.165) is 19.4 Å². The van der Waals surface area contributed by atoms with Crippen molar-refractivity contribution < 1.29 is 13.2 Å². The molecule has 1 atom stereocenters. The lowest BCUT2D eigenvalue weighted by atomic mass is 10.1. The van der Waals surface area contributed by atoms with E-state index >= 15 is 0 Å². The normalized spacial score (nSPS) is 23.6. The highest BCUT2D eigenvalue weighted by atomic mass is 32.2. The quantitative estimate of drug-likeness (QED) is 0.875. The van der Waals surface area contributed by atoms with Gasteiger partial charge < -0.3 is 10.6 Å². The van der Waals surface area contributed by atoms with Crippen LogP contribution in [0.4, 0.5) is 11.4 Å². The van der Waals surface area contributed by atoms with Crippen LogP contribution < -0.4 is 14.9 Å². The summed E-state index contributed by atoms with van der Waals surface area (Å²) in [6.45, 7) is 1.48. The Labute approximate surface area is 130 Å². The maximum absolute atomic E-state index is 12.0. The molecule has 0 aromatic heterocycles. The van der Waals surface area contributed by atoms with Crippen molar-refractivity contribution in [3.63, 3.8) is 0 Å². The lowest BCUT2D eigenvalue weighted by molar-refractivity contribution is -0.116. The third-order valence-corrected chi connectivity index (χ3v) is 5.98. The highest BCUT2D eigenvalue weighted by Gasteiger charge is 2.28. The van der Waals surface area contributed by atoms with Crippen molar-refractivity contribution in [2.45, 2.75) is 31.7 Å². The number of carbonyl (C=O) groups excluding carboxylic acids is 1. The first kappa shape index (κ1) is 15.3. The summed E-state index contributed by atoms with van der Waals surface area (Å²) in [7, 11) is -3.19. The SMILES string of the molecule is O=C(CC1CCCN1)Nc1cccc(N2CCCS2(=O)=O)c1. The molecule has 0 spiro atoms. The number of nitrogens with zero attached hydrogens (tertiary/aromatic N) is 1. The van der Waals surface area contributed by atoms with E-state index in [1.165, 1.54) is 4.31 Å². The molecule has 2 aliphatic rings. The number of nitrogens with one attached hydrogen (secondary N) is 2. The summed E-state index contributed by atoms with van der Waals surface area (Å²) in [6, 6.07) is 7.29. The first-order valence-corrected chi connectivity index (χ1v) is 9.29. The van der Waals surface area contributed by atoms with Crippen molar-refractivity contribution in [1.82, 2.24) is 5.32 Å². The first-order valence-electron chi connectivity index (χ1n) is 7.68. The van der Waals surface area contributed by atoms with Gasteiger partial charge in [-0.3, -0.25) is 9.10 Å². The molecular weight excluding hydrogens is 302 g/mol. The predicted octanol–water partition coefficient (Wildman–Crippen LogP) is 1.31. The van der Waals surface area contributed by atoms with Crippen LogP contribution in [0.1, 0.15) is 25.7 Å². The van der Waals surface area contributed by atoms with Crippen molar-refractivity contribution in [3.8, 4) is 0 Å². The van der Waals surface area contributed by atoms with Crippen molar-refractivity contribution >= 4 is 27.3 Å². The molecule has 1 aromatic carbocycles. The van der Waals surface area contributed by atoms with Crippen molar-refractivity contribution in [3.05, 3.63) is 24.3 Å². The van der Waals surface area contributed by atoms with E-state index in [9.17, 15) is 13.2 Å². The molecule has 120 valence electrons. The summed E-state index contributed by atoms with van der Waals surface area (Å²) in [5, 5.41) is 6.15. The minimum Gasteiger partial charge on any atom is -0.326 e. The van der Waals surface area contributed by atoms with Gasteiger partial charge in [-0.1, -0.05) is 6.07 Å². The Morgan fingerprint density at radius 2 is 2.23 bits per heavy atom. The number of carbonyl (C=O) groups is 1. The molecule has 6 nitrogen and oxygen atoms in total. The van der Waals surface area contributed by atoms with Gasteiger partial charge in [-0.2, -0.15) is 0 Å². The third kappa shape index (κ3) is 3.41. The molecule has 7 heteroatoms. The van der Waals surface area contributed by atoms with Crippen LogP contribution in [0.15, 0.2) is 24.3 Å². The van der Waals surface area contributed by atoms with Crippen LogP contribution in [-0.2, 0) is 14.8 Å². The second kappa shape index (κ2) is 6.26. The Bertz CT molecular complexity index is 654. The van der Waals surface area contributed by atoms with Gasteiger partial charge in [-0.25, -0.2) is 8.42 Å². The molecule has 0 aliphatic carbocycles. The molecule has 1 aromatic rings. The number of benzene rings is 1. The highest BCUT2D eigenvalue weighted by molar-refractivity contribution is 7.93. The summed E-state index contributed by atoms with van der Waals surface area (Å²) in [6.07, 6.45) is 3.23. The Hall–Kier alpha value is -1.60. The minimum atomic E-state index is -3.19. The van der Waals surface area contributed by atoms with Gasteiger partial charge in [-0.05, 0) is 44.0 Å². The zero-order valence-corrected chi connectivity index (χ0v) is 13.2. The highest BCUT2D eigenvalue weighted by Crippen LogP contribution is 2.26.